The summed E-state index contributed by atoms with van der Waals surface area (Å²) in [6, 6.07) is 4.92. The van der Waals surface area contributed by atoms with E-state index in [2.05, 4.69) is 10.6 Å². The quantitative estimate of drug-likeness (QED) is 0.901. The van der Waals surface area contributed by atoms with Crippen LogP contribution < -0.4 is 10.6 Å². The maximum absolute atomic E-state index is 12.5. The topological polar surface area (TPSA) is 41.1 Å². The second-order valence-electron chi connectivity index (χ2n) is 6.28. The third-order valence-electron chi connectivity index (χ3n) is 4.85. The summed E-state index contributed by atoms with van der Waals surface area (Å²) in [7, 11) is 0. The summed E-state index contributed by atoms with van der Waals surface area (Å²) in [6.07, 6.45) is -1.32. The molecule has 1 saturated carbocycles. The van der Waals surface area contributed by atoms with Crippen molar-refractivity contribution >= 4 is 5.91 Å². The molecule has 0 radical (unpaired) electrons. The van der Waals surface area contributed by atoms with Gasteiger partial charge in [-0.1, -0.05) is 12.1 Å². The van der Waals surface area contributed by atoms with Crippen molar-refractivity contribution < 1.29 is 18.0 Å². The first-order chi connectivity index (χ1) is 10.4. The third kappa shape index (κ3) is 3.11. The molecule has 1 heterocycles. The highest BCUT2D eigenvalue weighted by Crippen LogP contribution is 2.58. The van der Waals surface area contributed by atoms with E-state index in [4.69, 9.17) is 0 Å². The van der Waals surface area contributed by atoms with Gasteiger partial charge in [-0.15, -0.1) is 0 Å². The van der Waals surface area contributed by atoms with Crippen LogP contribution in [-0.2, 0) is 17.5 Å². The lowest BCUT2D eigenvalue weighted by Gasteiger charge is -2.23. The highest BCUT2D eigenvalue weighted by atomic mass is 19.4. The molecule has 120 valence electrons. The van der Waals surface area contributed by atoms with Crippen LogP contribution in [0.3, 0.4) is 0 Å². The summed E-state index contributed by atoms with van der Waals surface area (Å²) in [5.74, 6) is 0.103. The fourth-order valence-electron chi connectivity index (χ4n) is 3.32. The predicted molar refractivity (Wildman–Crippen MR) is 75.9 cm³/mol. The van der Waals surface area contributed by atoms with Gasteiger partial charge < -0.3 is 10.6 Å². The van der Waals surface area contributed by atoms with Crippen LogP contribution >= 0.6 is 0 Å². The smallest absolute Gasteiger partial charge is 0.352 e. The molecule has 1 aliphatic carbocycles. The molecule has 1 atom stereocenters. The summed E-state index contributed by atoms with van der Waals surface area (Å²) < 4.78 is 37.4. The van der Waals surface area contributed by atoms with Crippen molar-refractivity contribution in [2.24, 2.45) is 11.3 Å². The summed E-state index contributed by atoms with van der Waals surface area (Å²) in [6.45, 7) is 2.20. The molecule has 6 heteroatoms. The number of nitrogens with one attached hydrogen (secondary N) is 2. The van der Waals surface area contributed by atoms with Gasteiger partial charge in [-0.05, 0) is 55.5 Å². The number of rotatable bonds is 3. The van der Waals surface area contributed by atoms with Gasteiger partial charge in [0.1, 0.15) is 0 Å². The third-order valence-corrected chi connectivity index (χ3v) is 4.85. The molecule has 22 heavy (non-hydrogen) atoms. The van der Waals surface area contributed by atoms with Crippen molar-refractivity contribution in [1.29, 1.82) is 0 Å². The minimum absolute atomic E-state index is 0.0294. The standard InChI is InChI=1S/C16H19F3N2O/c17-16(18,19)12-3-1-11(2-4-12)10-21-14(22)13-9-15(13)5-7-20-8-6-15/h1-4,13,20H,5-10H2,(H,21,22). The van der Waals surface area contributed by atoms with Crippen LogP contribution in [-0.4, -0.2) is 19.0 Å². The van der Waals surface area contributed by atoms with E-state index >= 15 is 0 Å². The lowest BCUT2D eigenvalue weighted by atomic mass is 9.92. The van der Waals surface area contributed by atoms with Gasteiger partial charge in [0.05, 0.1) is 5.56 Å². The fourth-order valence-corrected chi connectivity index (χ4v) is 3.32. The maximum Gasteiger partial charge on any atom is 0.416 e. The number of carbonyl (C=O) groups is 1. The van der Waals surface area contributed by atoms with E-state index in [0.29, 0.717) is 5.56 Å². The van der Waals surface area contributed by atoms with Gasteiger partial charge in [0, 0.05) is 12.5 Å². The van der Waals surface area contributed by atoms with Crippen LogP contribution in [0.25, 0.3) is 0 Å². The molecule has 1 aromatic carbocycles. The van der Waals surface area contributed by atoms with Crippen LogP contribution in [0.4, 0.5) is 13.2 Å². The molecule has 1 amide bonds. The molecule has 1 saturated heterocycles. The van der Waals surface area contributed by atoms with Crippen LogP contribution in [0.15, 0.2) is 24.3 Å². The monoisotopic (exact) mass is 312 g/mol. The number of amides is 1. The number of hydrogen-bond acceptors (Lipinski definition) is 2. The van der Waals surface area contributed by atoms with Gasteiger partial charge in [0.2, 0.25) is 5.91 Å². The highest BCUT2D eigenvalue weighted by molar-refractivity contribution is 5.82. The van der Waals surface area contributed by atoms with Crippen molar-refractivity contribution in [3.05, 3.63) is 35.4 Å². The summed E-state index contributed by atoms with van der Waals surface area (Å²) >= 11 is 0. The van der Waals surface area contributed by atoms with E-state index in [1.165, 1.54) is 12.1 Å². The second kappa shape index (κ2) is 5.57. The van der Waals surface area contributed by atoms with Crippen LogP contribution in [0, 0.1) is 11.3 Å². The Morgan fingerprint density at radius 3 is 2.45 bits per heavy atom. The summed E-state index contributed by atoms with van der Waals surface area (Å²) in [5.41, 5.74) is 0.190. The first kappa shape index (κ1) is 15.3. The van der Waals surface area contributed by atoms with E-state index in [-0.39, 0.29) is 23.8 Å². The Balaban J connectivity index is 1.51. The van der Waals surface area contributed by atoms with Gasteiger partial charge in [0.15, 0.2) is 0 Å². The fraction of sp³-hybridized carbons (Fsp3) is 0.562. The van der Waals surface area contributed by atoms with Gasteiger partial charge >= 0.3 is 6.18 Å². The number of benzene rings is 1. The molecule has 1 aromatic rings. The lowest BCUT2D eigenvalue weighted by molar-refractivity contribution is -0.137. The van der Waals surface area contributed by atoms with Gasteiger partial charge in [0.25, 0.3) is 0 Å². The van der Waals surface area contributed by atoms with Gasteiger partial charge in [-0.2, -0.15) is 13.2 Å². The molecule has 0 bridgehead atoms. The molecule has 3 rings (SSSR count). The van der Waals surface area contributed by atoms with Gasteiger partial charge in [-0.25, -0.2) is 0 Å². The average molecular weight is 312 g/mol. The normalized spacial score (nSPS) is 23.3. The molecule has 2 aliphatic rings. The second-order valence-corrected chi connectivity index (χ2v) is 6.28. The minimum Gasteiger partial charge on any atom is -0.352 e. The van der Waals surface area contributed by atoms with Crippen molar-refractivity contribution in [1.82, 2.24) is 10.6 Å². The number of hydrogen-bond donors (Lipinski definition) is 2. The molecule has 1 aliphatic heterocycles. The Labute approximate surface area is 127 Å². The van der Waals surface area contributed by atoms with Crippen molar-refractivity contribution in [2.45, 2.75) is 32.0 Å². The number of piperidine rings is 1. The van der Waals surface area contributed by atoms with Crippen LogP contribution in [0.2, 0.25) is 0 Å². The van der Waals surface area contributed by atoms with Crippen LogP contribution in [0.1, 0.15) is 30.4 Å². The maximum atomic E-state index is 12.5. The predicted octanol–water partition coefficient (Wildman–Crippen LogP) is 2.71. The van der Waals surface area contributed by atoms with Crippen molar-refractivity contribution in [3.8, 4) is 0 Å². The molecule has 3 nitrogen and oxygen atoms in total. The molecule has 1 unspecified atom stereocenters. The van der Waals surface area contributed by atoms with E-state index < -0.39 is 11.7 Å². The zero-order chi connectivity index (χ0) is 15.8. The lowest BCUT2D eigenvalue weighted by Crippen LogP contribution is -2.33. The average Bonchev–Trinajstić information content (AvgIpc) is 3.18. The van der Waals surface area contributed by atoms with Crippen molar-refractivity contribution in [3.63, 3.8) is 0 Å². The Morgan fingerprint density at radius 2 is 1.86 bits per heavy atom. The zero-order valence-corrected chi connectivity index (χ0v) is 12.2. The molecular weight excluding hydrogens is 293 g/mol. The largest absolute Gasteiger partial charge is 0.416 e. The number of halogens is 3. The Bertz CT molecular complexity index is 548. The first-order valence-electron chi connectivity index (χ1n) is 7.55. The van der Waals surface area contributed by atoms with E-state index in [9.17, 15) is 18.0 Å². The number of alkyl halides is 3. The molecule has 2 fully saturated rings. The Kier molecular flexibility index (Phi) is 3.89. The van der Waals surface area contributed by atoms with E-state index in [0.717, 1.165) is 44.5 Å². The minimum atomic E-state index is -4.32. The SMILES string of the molecule is O=C(NCc1ccc(C(F)(F)F)cc1)C1CC12CCNCC2. The zero-order valence-electron chi connectivity index (χ0n) is 12.2. The van der Waals surface area contributed by atoms with Crippen LogP contribution in [0.5, 0.6) is 0 Å². The molecule has 1 spiro atoms. The van der Waals surface area contributed by atoms with Crippen molar-refractivity contribution in [2.75, 3.05) is 13.1 Å². The van der Waals surface area contributed by atoms with E-state index in [1.807, 2.05) is 0 Å². The highest BCUT2D eigenvalue weighted by Gasteiger charge is 2.57. The Morgan fingerprint density at radius 1 is 1.23 bits per heavy atom. The van der Waals surface area contributed by atoms with Gasteiger partial charge in [-0.3, -0.25) is 4.79 Å². The Hall–Kier alpha value is -1.56. The first-order valence-corrected chi connectivity index (χ1v) is 7.55. The molecular formula is C16H19F3N2O. The van der Waals surface area contributed by atoms with E-state index in [1.54, 1.807) is 0 Å². The summed E-state index contributed by atoms with van der Waals surface area (Å²) in [5, 5.41) is 6.14. The molecule has 0 aromatic heterocycles. The number of carbonyl (C=O) groups excluding carboxylic acids is 1. The summed E-state index contributed by atoms with van der Waals surface area (Å²) in [4.78, 5) is 12.2. The molecule has 2 N–H and O–H groups in total.